The van der Waals surface area contributed by atoms with Gasteiger partial charge in [0.25, 0.3) is 0 Å². The lowest BCUT2D eigenvalue weighted by Gasteiger charge is -2.26. The molecule has 2 heterocycles. The van der Waals surface area contributed by atoms with Crippen molar-refractivity contribution in [3.8, 4) is 0 Å². The molecule has 24 heavy (non-hydrogen) atoms. The van der Waals surface area contributed by atoms with Gasteiger partial charge in [0.05, 0.1) is 12.1 Å². The minimum absolute atomic E-state index is 0.563. The predicted molar refractivity (Wildman–Crippen MR) is 98.3 cm³/mol. The fraction of sp³-hybridized carbons (Fsp3) is 0.200. The number of nitrogen functional groups attached to an aromatic ring is 1. The zero-order valence-corrected chi connectivity index (χ0v) is 13.5. The van der Waals surface area contributed by atoms with Crippen molar-refractivity contribution in [3.63, 3.8) is 0 Å². The van der Waals surface area contributed by atoms with Gasteiger partial charge in [0.1, 0.15) is 11.6 Å². The summed E-state index contributed by atoms with van der Waals surface area (Å²) in [6.07, 6.45) is 3.36. The highest BCUT2D eigenvalue weighted by Gasteiger charge is 2.15. The van der Waals surface area contributed by atoms with E-state index in [4.69, 9.17) is 5.73 Å². The third-order valence-corrected chi connectivity index (χ3v) is 4.48. The largest absolute Gasteiger partial charge is 0.383 e. The fourth-order valence-corrected chi connectivity index (χ4v) is 3.19. The number of fused-ring (bicyclic) bond motifs is 1. The molecule has 0 saturated heterocycles. The smallest absolute Gasteiger partial charge is 0.145 e. The quantitative estimate of drug-likeness (QED) is 0.803. The van der Waals surface area contributed by atoms with Gasteiger partial charge < -0.3 is 5.73 Å². The molecule has 3 aromatic rings. The molecule has 0 amide bonds. The number of nitrogens with zero attached hydrogens (tertiary/aromatic N) is 3. The van der Waals surface area contributed by atoms with Crippen molar-refractivity contribution in [2.45, 2.75) is 13.0 Å². The molecule has 4 rings (SSSR count). The van der Waals surface area contributed by atoms with Crippen molar-refractivity contribution in [2.24, 2.45) is 0 Å². The Kier molecular flexibility index (Phi) is 3.97. The molecule has 0 spiro atoms. The van der Waals surface area contributed by atoms with Crippen LogP contribution < -0.4 is 5.73 Å². The maximum atomic E-state index is 6.08. The minimum Gasteiger partial charge on any atom is -0.383 e. The molecule has 120 valence electrons. The van der Waals surface area contributed by atoms with Gasteiger partial charge in [-0.15, -0.1) is 0 Å². The van der Waals surface area contributed by atoms with Crippen LogP contribution in [0.2, 0.25) is 0 Å². The highest BCUT2D eigenvalue weighted by molar-refractivity contribution is 5.87. The lowest BCUT2D eigenvalue weighted by atomic mass is 10.00. The van der Waals surface area contributed by atoms with Crippen LogP contribution >= 0.6 is 0 Å². The number of aromatic nitrogens is 2. The lowest BCUT2D eigenvalue weighted by Crippen LogP contribution is -2.29. The highest BCUT2D eigenvalue weighted by atomic mass is 15.1. The summed E-state index contributed by atoms with van der Waals surface area (Å²) < 4.78 is 0. The van der Waals surface area contributed by atoms with Crippen LogP contribution in [-0.4, -0.2) is 28.0 Å². The summed E-state index contributed by atoms with van der Waals surface area (Å²) in [6, 6.07) is 18.5. The van der Waals surface area contributed by atoms with Crippen LogP contribution in [-0.2, 0) is 6.54 Å². The Hall–Kier alpha value is -2.72. The van der Waals surface area contributed by atoms with Crippen molar-refractivity contribution in [1.82, 2.24) is 14.9 Å². The third-order valence-electron chi connectivity index (χ3n) is 4.48. The van der Waals surface area contributed by atoms with Crippen LogP contribution in [0.1, 0.15) is 17.8 Å². The van der Waals surface area contributed by atoms with Gasteiger partial charge in [-0.1, -0.05) is 48.5 Å². The van der Waals surface area contributed by atoms with Crippen LogP contribution in [0, 0.1) is 0 Å². The Morgan fingerprint density at radius 1 is 0.958 bits per heavy atom. The third kappa shape index (κ3) is 3.01. The normalized spacial score (nSPS) is 15.4. The first-order valence-electron chi connectivity index (χ1n) is 8.27. The Labute approximate surface area is 141 Å². The lowest BCUT2D eigenvalue weighted by molar-refractivity contribution is 0.287. The van der Waals surface area contributed by atoms with Gasteiger partial charge in [0.15, 0.2) is 0 Å². The molecular formula is C20H20N4. The van der Waals surface area contributed by atoms with Crippen LogP contribution in [0.3, 0.4) is 0 Å². The maximum Gasteiger partial charge on any atom is 0.145 e. The zero-order chi connectivity index (χ0) is 16.4. The average Bonchev–Trinajstić information content (AvgIpc) is 2.63. The van der Waals surface area contributed by atoms with Crippen molar-refractivity contribution >= 4 is 22.3 Å². The first kappa shape index (κ1) is 14.8. The highest BCUT2D eigenvalue weighted by Crippen LogP contribution is 2.23. The summed E-state index contributed by atoms with van der Waals surface area (Å²) in [5, 5.41) is 0.922. The predicted octanol–water partition coefficient (Wildman–Crippen LogP) is 3.50. The summed E-state index contributed by atoms with van der Waals surface area (Å²) >= 11 is 0. The Morgan fingerprint density at radius 2 is 1.75 bits per heavy atom. The maximum absolute atomic E-state index is 6.08. The van der Waals surface area contributed by atoms with Gasteiger partial charge in [-0.05, 0) is 29.7 Å². The van der Waals surface area contributed by atoms with E-state index in [1.807, 2.05) is 24.3 Å². The summed E-state index contributed by atoms with van der Waals surface area (Å²) in [5.74, 6) is 1.36. The molecule has 4 nitrogen and oxygen atoms in total. The van der Waals surface area contributed by atoms with E-state index in [9.17, 15) is 0 Å². The van der Waals surface area contributed by atoms with E-state index in [1.165, 1.54) is 11.1 Å². The first-order valence-corrected chi connectivity index (χ1v) is 8.27. The van der Waals surface area contributed by atoms with E-state index in [0.29, 0.717) is 5.82 Å². The molecule has 0 bridgehead atoms. The molecule has 1 aliphatic heterocycles. The second-order valence-corrected chi connectivity index (χ2v) is 6.12. The summed E-state index contributed by atoms with van der Waals surface area (Å²) in [7, 11) is 0. The SMILES string of the molecule is Nc1nc(CN2CC=C(c3ccccc3)CC2)nc2ccccc12. The van der Waals surface area contributed by atoms with Gasteiger partial charge >= 0.3 is 0 Å². The summed E-state index contributed by atoms with van der Waals surface area (Å²) in [6.45, 7) is 2.66. The molecule has 2 N–H and O–H groups in total. The average molecular weight is 316 g/mol. The molecule has 4 heteroatoms. The van der Waals surface area contributed by atoms with E-state index in [1.54, 1.807) is 0 Å². The van der Waals surface area contributed by atoms with Gasteiger partial charge in [-0.3, -0.25) is 4.90 Å². The molecular weight excluding hydrogens is 296 g/mol. The molecule has 0 unspecified atom stereocenters. The first-order chi connectivity index (χ1) is 11.8. The second-order valence-electron chi connectivity index (χ2n) is 6.12. The van der Waals surface area contributed by atoms with E-state index in [0.717, 1.165) is 42.8 Å². The van der Waals surface area contributed by atoms with E-state index >= 15 is 0 Å². The zero-order valence-electron chi connectivity index (χ0n) is 13.5. The van der Waals surface area contributed by atoms with Gasteiger partial charge in [0.2, 0.25) is 0 Å². The van der Waals surface area contributed by atoms with Crippen LogP contribution in [0.4, 0.5) is 5.82 Å². The minimum atomic E-state index is 0.563. The molecule has 1 aromatic heterocycles. The van der Waals surface area contributed by atoms with E-state index in [-0.39, 0.29) is 0 Å². The monoisotopic (exact) mass is 316 g/mol. The molecule has 2 aromatic carbocycles. The van der Waals surface area contributed by atoms with Crippen LogP contribution in [0.15, 0.2) is 60.7 Å². The van der Waals surface area contributed by atoms with Gasteiger partial charge in [0, 0.05) is 18.5 Å². The summed E-state index contributed by atoms with van der Waals surface area (Å²) in [4.78, 5) is 11.5. The molecule has 1 aliphatic rings. The number of rotatable bonds is 3. The molecule has 0 saturated carbocycles. The fourth-order valence-electron chi connectivity index (χ4n) is 3.19. The number of hydrogen-bond acceptors (Lipinski definition) is 4. The molecule has 0 aliphatic carbocycles. The van der Waals surface area contributed by atoms with Crippen molar-refractivity contribution in [1.29, 1.82) is 0 Å². The number of hydrogen-bond donors (Lipinski definition) is 1. The summed E-state index contributed by atoms with van der Waals surface area (Å²) in [5.41, 5.74) is 9.74. The Morgan fingerprint density at radius 3 is 2.54 bits per heavy atom. The number of nitrogens with two attached hydrogens (primary N) is 1. The number of para-hydroxylation sites is 1. The van der Waals surface area contributed by atoms with Crippen LogP contribution in [0.5, 0.6) is 0 Å². The van der Waals surface area contributed by atoms with E-state index < -0.39 is 0 Å². The Bertz CT molecular complexity index is 887. The number of benzene rings is 2. The Balaban J connectivity index is 1.50. The number of anilines is 1. The standard InChI is InChI=1S/C20H20N4/c21-20-17-8-4-5-9-18(17)22-19(23-20)14-24-12-10-16(11-13-24)15-6-2-1-3-7-15/h1-10H,11-14H2,(H2,21,22,23). The van der Waals surface area contributed by atoms with Crippen LogP contribution in [0.25, 0.3) is 16.5 Å². The van der Waals surface area contributed by atoms with Gasteiger partial charge in [-0.2, -0.15) is 0 Å². The van der Waals surface area contributed by atoms with Crippen molar-refractivity contribution < 1.29 is 0 Å². The second kappa shape index (κ2) is 6.42. The van der Waals surface area contributed by atoms with Crippen molar-refractivity contribution in [3.05, 3.63) is 72.1 Å². The van der Waals surface area contributed by atoms with E-state index in [2.05, 4.69) is 51.3 Å². The molecule has 0 atom stereocenters. The van der Waals surface area contributed by atoms with Gasteiger partial charge in [-0.25, -0.2) is 9.97 Å². The van der Waals surface area contributed by atoms with Crippen molar-refractivity contribution in [2.75, 3.05) is 18.8 Å². The molecule has 0 radical (unpaired) electrons. The topological polar surface area (TPSA) is 55.0 Å². The molecule has 0 fully saturated rings.